The molecule has 1 heterocycles. The average molecular weight is 260 g/mol. The van der Waals surface area contributed by atoms with Crippen LogP contribution in [0.25, 0.3) is 0 Å². The molecule has 0 aliphatic carbocycles. The van der Waals surface area contributed by atoms with Crippen LogP contribution >= 0.6 is 0 Å². The van der Waals surface area contributed by atoms with E-state index in [-0.39, 0.29) is 12.2 Å². The van der Waals surface area contributed by atoms with Crippen molar-refractivity contribution in [2.24, 2.45) is 0 Å². The molecule has 0 amide bonds. The highest BCUT2D eigenvalue weighted by molar-refractivity contribution is 5.28. The summed E-state index contributed by atoms with van der Waals surface area (Å²) in [5.74, 6) is 11.1. The topological polar surface area (TPSA) is 32.8 Å². The van der Waals surface area contributed by atoms with Gasteiger partial charge < -0.3 is 9.84 Å². The average Bonchev–Trinajstić information content (AvgIpc) is 3.18. The minimum Gasteiger partial charge on any atom is -0.377 e. The Hall–Kier alpha value is -1.22. The fourth-order valence-electron chi connectivity index (χ4n) is 1.90. The third kappa shape index (κ3) is 7.06. The molecule has 104 valence electrons. The van der Waals surface area contributed by atoms with Gasteiger partial charge in [-0.3, -0.25) is 0 Å². The summed E-state index contributed by atoms with van der Waals surface area (Å²) in [5.41, 5.74) is 0. The summed E-state index contributed by atoms with van der Waals surface area (Å²) in [6, 6.07) is 0. The first-order valence-electron chi connectivity index (χ1n) is 7.22. The number of unbranched alkanes of at least 4 members (excludes halogenated alkanes) is 4. The normalized spacial score (nSPS) is 21.6. The molecule has 0 aromatic heterocycles. The van der Waals surface area contributed by atoms with Crippen LogP contribution in [0.3, 0.4) is 0 Å². The van der Waals surface area contributed by atoms with Crippen molar-refractivity contribution in [1.82, 2.24) is 0 Å². The van der Waals surface area contributed by atoms with Crippen LogP contribution in [0.5, 0.6) is 0 Å². The summed E-state index contributed by atoms with van der Waals surface area (Å²) in [4.78, 5) is 0. The van der Waals surface area contributed by atoms with E-state index in [2.05, 4.69) is 37.2 Å². The number of aliphatic hydroxyl groups is 1. The zero-order valence-electron chi connectivity index (χ0n) is 11.8. The molecule has 0 aromatic carbocycles. The van der Waals surface area contributed by atoms with Crippen molar-refractivity contribution in [3.05, 3.63) is 12.7 Å². The van der Waals surface area contributed by atoms with E-state index in [9.17, 15) is 5.11 Å². The smallest absolute Gasteiger partial charge is 0.144 e. The van der Waals surface area contributed by atoms with Gasteiger partial charge in [0.2, 0.25) is 0 Å². The second-order valence-electron chi connectivity index (χ2n) is 4.83. The first-order chi connectivity index (χ1) is 9.29. The van der Waals surface area contributed by atoms with Crippen LogP contribution in [0, 0.1) is 23.7 Å². The highest BCUT2D eigenvalue weighted by Crippen LogP contribution is 2.30. The summed E-state index contributed by atoms with van der Waals surface area (Å²) in [7, 11) is 0. The van der Waals surface area contributed by atoms with Crippen LogP contribution in [-0.2, 0) is 4.74 Å². The van der Waals surface area contributed by atoms with Crippen molar-refractivity contribution in [2.45, 2.75) is 70.2 Å². The summed E-state index contributed by atoms with van der Waals surface area (Å²) in [6.45, 7) is 5.78. The quantitative estimate of drug-likeness (QED) is 0.315. The Kier molecular flexibility index (Phi) is 8.07. The number of allylic oxidation sites excluding steroid dienone is 1. The van der Waals surface area contributed by atoms with Gasteiger partial charge in [-0.15, -0.1) is 6.58 Å². The van der Waals surface area contributed by atoms with Crippen LogP contribution in [0.2, 0.25) is 0 Å². The second-order valence-corrected chi connectivity index (χ2v) is 4.83. The van der Waals surface area contributed by atoms with E-state index in [1.165, 1.54) is 12.8 Å². The lowest BCUT2D eigenvalue weighted by Crippen LogP contribution is -2.14. The van der Waals surface area contributed by atoms with Crippen molar-refractivity contribution in [3.8, 4) is 23.7 Å². The largest absolute Gasteiger partial charge is 0.377 e. The number of hydrogen-bond acceptors (Lipinski definition) is 2. The first-order valence-corrected chi connectivity index (χ1v) is 7.22. The molecule has 2 heteroatoms. The van der Waals surface area contributed by atoms with Crippen LogP contribution < -0.4 is 0 Å². The van der Waals surface area contributed by atoms with Crippen molar-refractivity contribution < 1.29 is 9.84 Å². The molecule has 0 saturated carbocycles. The molecule has 0 aromatic rings. The molecular formula is C17H24O2. The molecule has 19 heavy (non-hydrogen) atoms. The van der Waals surface area contributed by atoms with Crippen molar-refractivity contribution in [1.29, 1.82) is 0 Å². The van der Waals surface area contributed by atoms with Crippen LogP contribution in [0.15, 0.2) is 12.7 Å². The fraction of sp³-hybridized carbons (Fsp3) is 0.647. The Bertz CT molecular complexity index is 378. The third-order valence-corrected chi connectivity index (χ3v) is 3.08. The van der Waals surface area contributed by atoms with E-state index in [0.29, 0.717) is 0 Å². The van der Waals surface area contributed by atoms with Crippen molar-refractivity contribution in [3.63, 3.8) is 0 Å². The van der Waals surface area contributed by atoms with E-state index in [4.69, 9.17) is 4.74 Å². The molecule has 3 atom stereocenters. The monoisotopic (exact) mass is 260 g/mol. The van der Waals surface area contributed by atoms with Gasteiger partial charge >= 0.3 is 0 Å². The van der Waals surface area contributed by atoms with Crippen LogP contribution in [0.4, 0.5) is 0 Å². The number of aliphatic hydroxyl groups excluding tert-OH is 1. The van der Waals surface area contributed by atoms with Gasteiger partial charge in [0.05, 0.1) is 6.10 Å². The third-order valence-electron chi connectivity index (χ3n) is 3.08. The molecule has 1 saturated heterocycles. The molecule has 1 rings (SSSR count). The Morgan fingerprint density at radius 2 is 2.16 bits per heavy atom. The minimum absolute atomic E-state index is 0.0973. The zero-order valence-corrected chi connectivity index (χ0v) is 11.8. The van der Waals surface area contributed by atoms with Gasteiger partial charge in [-0.1, -0.05) is 37.7 Å². The SMILES string of the molecule is C=CCCCCC[C@@H]1O[C@H]1[C@@H](O)C#CC#CCCC. The molecule has 1 aliphatic rings. The second kappa shape index (κ2) is 9.68. The van der Waals surface area contributed by atoms with Gasteiger partial charge in [-0.2, -0.15) is 0 Å². The van der Waals surface area contributed by atoms with E-state index in [1.54, 1.807) is 0 Å². The Balaban J connectivity index is 2.11. The van der Waals surface area contributed by atoms with Crippen molar-refractivity contribution >= 4 is 0 Å². The summed E-state index contributed by atoms with van der Waals surface area (Å²) >= 11 is 0. The number of ether oxygens (including phenoxy) is 1. The predicted octanol–water partition coefficient (Wildman–Crippen LogP) is 3.06. The van der Waals surface area contributed by atoms with Crippen LogP contribution in [-0.4, -0.2) is 23.4 Å². The lowest BCUT2D eigenvalue weighted by Gasteiger charge is -1.98. The number of epoxide rings is 1. The number of hydrogen-bond donors (Lipinski definition) is 1. The van der Waals surface area contributed by atoms with Gasteiger partial charge in [0.1, 0.15) is 12.2 Å². The lowest BCUT2D eigenvalue weighted by molar-refractivity contribution is 0.185. The summed E-state index contributed by atoms with van der Waals surface area (Å²) in [6.07, 6.45) is 8.89. The summed E-state index contributed by atoms with van der Waals surface area (Å²) in [5, 5.41) is 9.78. The van der Waals surface area contributed by atoms with Gasteiger partial charge in [-0.05, 0) is 37.5 Å². The van der Waals surface area contributed by atoms with Gasteiger partial charge in [-0.25, -0.2) is 0 Å². The first kappa shape index (κ1) is 15.8. The molecule has 2 nitrogen and oxygen atoms in total. The maximum absolute atomic E-state index is 9.78. The summed E-state index contributed by atoms with van der Waals surface area (Å²) < 4.78 is 5.44. The molecule has 0 spiro atoms. The standard InChI is InChI=1S/C17H24O2/c1-3-5-7-9-11-13-15(18)17-16(19-17)14-12-10-8-6-4-2/h4,15-18H,2-3,5-6,8,10,12,14H2,1H3/t15-,16-,17-/m0/s1. The lowest BCUT2D eigenvalue weighted by atomic mass is 10.1. The van der Waals surface area contributed by atoms with Crippen molar-refractivity contribution in [2.75, 3.05) is 0 Å². The zero-order chi connectivity index (χ0) is 13.9. The predicted molar refractivity (Wildman–Crippen MR) is 78.4 cm³/mol. The molecule has 1 N–H and O–H groups in total. The van der Waals surface area contributed by atoms with Crippen LogP contribution in [0.1, 0.15) is 51.9 Å². The van der Waals surface area contributed by atoms with Gasteiger partial charge in [0.25, 0.3) is 0 Å². The molecule has 0 radical (unpaired) electrons. The highest BCUT2D eigenvalue weighted by Gasteiger charge is 2.42. The molecular weight excluding hydrogens is 236 g/mol. The Morgan fingerprint density at radius 3 is 2.89 bits per heavy atom. The number of rotatable bonds is 8. The fourth-order valence-corrected chi connectivity index (χ4v) is 1.90. The highest BCUT2D eigenvalue weighted by atomic mass is 16.6. The van der Waals surface area contributed by atoms with E-state index in [1.807, 2.05) is 6.08 Å². The maximum Gasteiger partial charge on any atom is 0.144 e. The van der Waals surface area contributed by atoms with E-state index in [0.717, 1.165) is 32.1 Å². The molecule has 1 aliphatic heterocycles. The maximum atomic E-state index is 9.78. The van der Waals surface area contributed by atoms with E-state index >= 15 is 0 Å². The van der Waals surface area contributed by atoms with E-state index < -0.39 is 6.10 Å². The van der Waals surface area contributed by atoms with Gasteiger partial charge in [0, 0.05) is 6.42 Å². The van der Waals surface area contributed by atoms with Gasteiger partial charge in [0.15, 0.2) is 0 Å². The molecule has 0 bridgehead atoms. The Labute approximate surface area is 117 Å². The minimum atomic E-state index is -0.686. The molecule has 1 fully saturated rings. The molecule has 0 unspecified atom stereocenters. The Morgan fingerprint density at radius 1 is 1.32 bits per heavy atom.